The van der Waals surface area contributed by atoms with E-state index < -0.39 is 0 Å². The van der Waals surface area contributed by atoms with Crippen LogP contribution in [0.3, 0.4) is 0 Å². The highest BCUT2D eigenvalue weighted by Gasteiger charge is 2.23. The van der Waals surface area contributed by atoms with E-state index in [-0.39, 0.29) is 5.91 Å². The van der Waals surface area contributed by atoms with Gasteiger partial charge in [-0.15, -0.1) is 0 Å². The summed E-state index contributed by atoms with van der Waals surface area (Å²) < 4.78 is 0. The zero-order chi connectivity index (χ0) is 16.9. The van der Waals surface area contributed by atoms with E-state index in [0.717, 1.165) is 57.2 Å². The summed E-state index contributed by atoms with van der Waals surface area (Å²) in [6.07, 6.45) is 3.67. The van der Waals surface area contributed by atoms with Crippen molar-refractivity contribution in [2.45, 2.75) is 39.2 Å². The van der Waals surface area contributed by atoms with Crippen molar-refractivity contribution in [2.75, 3.05) is 39.3 Å². The maximum atomic E-state index is 12.7. The first kappa shape index (κ1) is 17.4. The second-order valence-corrected chi connectivity index (χ2v) is 7.52. The standard InChI is InChI=1S/C20H31N3O/c1-16(2)22-11-13-23(14-12-22)20(24)19-5-3-17(4-6-19)15-18-7-9-21-10-8-18/h3-6,16,18,21H,7-15H2,1-2H3. The molecule has 0 saturated carbocycles. The molecule has 2 aliphatic rings. The van der Waals surface area contributed by atoms with Crippen LogP contribution in [-0.4, -0.2) is 61.0 Å². The van der Waals surface area contributed by atoms with Gasteiger partial charge in [-0.05, 0) is 69.8 Å². The lowest BCUT2D eigenvalue weighted by molar-refractivity contribution is 0.0595. The third kappa shape index (κ3) is 4.37. The first-order valence-corrected chi connectivity index (χ1v) is 9.46. The quantitative estimate of drug-likeness (QED) is 0.921. The normalized spacial score (nSPS) is 20.5. The lowest BCUT2D eigenvalue weighted by Crippen LogP contribution is -2.50. The van der Waals surface area contributed by atoms with Crippen molar-refractivity contribution in [3.8, 4) is 0 Å². The Morgan fingerprint density at radius 2 is 1.71 bits per heavy atom. The first-order valence-electron chi connectivity index (χ1n) is 9.46. The lowest BCUT2D eigenvalue weighted by Gasteiger charge is -2.37. The molecule has 2 heterocycles. The molecule has 1 amide bonds. The molecule has 1 aromatic rings. The fourth-order valence-electron chi connectivity index (χ4n) is 3.83. The molecule has 4 nitrogen and oxygen atoms in total. The van der Waals surface area contributed by atoms with Gasteiger partial charge in [0.05, 0.1) is 0 Å². The van der Waals surface area contributed by atoms with Crippen molar-refractivity contribution >= 4 is 5.91 Å². The Kier molecular flexibility index (Phi) is 5.90. The molecule has 4 heteroatoms. The molecule has 0 spiro atoms. The number of benzene rings is 1. The molecule has 0 aromatic heterocycles. The molecule has 132 valence electrons. The van der Waals surface area contributed by atoms with Gasteiger partial charge >= 0.3 is 0 Å². The monoisotopic (exact) mass is 329 g/mol. The van der Waals surface area contributed by atoms with Crippen LogP contribution in [0.25, 0.3) is 0 Å². The predicted molar refractivity (Wildman–Crippen MR) is 98.4 cm³/mol. The van der Waals surface area contributed by atoms with Gasteiger partial charge < -0.3 is 10.2 Å². The van der Waals surface area contributed by atoms with E-state index in [1.807, 2.05) is 17.0 Å². The van der Waals surface area contributed by atoms with Crippen molar-refractivity contribution < 1.29 is 4.79 Å². The van der Waals surface area contributed by atoms with Gasteiger partial charge in [-0.1, -0.05) is 12.1 Å². The molecular formula is C20H31N3O. The van der Waals surface area contributed by atoms with Crippen molar-refractivity contribution in [3.63, 3.8) is 0 Å². The second-order valence-electron chi connectivity index (χ2n) is 7.52. The van der Waals surface area contributed by atoms with Gasteiger partial charge in [0.2, 0.25) is 0 Å². The molecule has 1 aromatic carbocycles. The Labute approximate surface area is 146 Å². The third-order valence-electron chi connectivity index (χ3n) is 5.52. The summed E-state index contributed by atoms with van der Waals surface area (Å²) in [6.45, 7) is 10.4. The molecule has 0 atom stereocenters. The van der Waals surface area contributed by atoms with E-state index >= 15 is 0 Å². The van der Waals surface area contributed by atoms with Crippen LogP contribution >= 0.6 is 0 Å². The summed E-state index contributed by atoms with van der Waals surface area (Å²) in [4.78, 5) is 17.1. The van der Waals surface area contributed by atoms with Crippen LogP contribution in [0.5, 0.6) is 0 Å². The smallest absolute Gasteiger partial charge is 0.253 e. The van der Waals surface area contributed by atoms with Crippen LogP contribution in [0.15, 0.2) is 24.3 Å². The molecule has 2 aliphatic heterocycles. The number of piperidine rings is 1. The number of carbonyl (C=O) groups excluding carboxylic acids is 1. The Hall–Kier alpha value is -1.39. The Morgan fingerprint density at radius 1 is 1.08 bits per heavy atom. The van der Waals surface area contributed by atoms with Gasteiger partial charge in [-0.3, -0.25) is 9.69 Å². The molecule has 0 radical (unpaired) electrons. The van der Waals surface area contributed by atoms with E-state index in [2.05, 4.69) is 36.2 Å². The summed E-state index contributed by atoms with van der Waals surface area (Å²) in [5.41, 5.74) is 2.20. The minimum atomic E-state index is 0.187. The highest BCUT2D eigenvalue weighted by molar-refractivity contribution is 5.94. The number of piperazine rings is 1. The van der Waals surface area contributed by atoms with Gasteiger partial charge in [0.1, 0.15) is 0 Å². The summed E-state index contributed by atoms with van der Waals surface area (Å²) in [5, 5.41) is 3.42. The summed E-state index contributed by atoms with van der Waals surface area (Å²) >= 11 is 0. The summed E-state index contributed by atoms with van der Waals surface area (Å²) in [5.74, 6) is 0.976. The zero-order valence-corrected chi connectivity index (χ0v) is 15.1. The maximum Gasteiger partial charge on any atom is 0.253 e. The van der Waals surface area contributed by atoms with Crippen LogP contribution in [0, 0.1) is 5.92 Å². The summed E-state index contributed by atoms with van der Waals surface area (Å²) in [6, 6.07) is 8.91. The maximum absolute atomic E-state index is 12.7. The zero-order valence-electron chi connectivity index (χ0n) is 15.1. The minimum absolute atomic E-state index is 0.187. The molecule has 0 bridgehead atoms. The van der Waals surface area contributed by atoms with Crippen LogP contribution < -0.4 is 5.32 Å². The first-order chi connectivity index (χ1) is 11.6. The van der Waals surface area contributed by atoms with Crippen LogP contribution in [0.4, 0.5) is 0 Å². The number of hydrogen-bond acceptors (Lipinski definition) is 3. The van der Waals surface area contributed by atoms with Crippen LogP contribution in [-0.2, 0) is 6.42 Å². The molecule has 24 heavy (non-hydrogen) atoms. The van der Waals surface area contributed by atoms with E-state index in [4.69, 9.17) is 0 Å². The fourth-order valence-corrected chi connectivity index (χ4v) is 3.83. The van der Waals surface area contributed by atoms with Crippen molar-refractivity contribution in [1.82, 2.24) is 15.1 Å². The lowest BCUT2D eigenvalue weighted by atomic mass is 9.91. The molecular weight excluding hydrogens is 298 g/mol. The number of nitrogens with one attached hydrogen (secondary N) is 1. The molecule has 0 unspecified atom stereocenters. The molecule has 3 rings (SSSR count). The van der Waals surface area contributed by atoms with Gasteiger partial charge in [0.15, 0.2) is 0 Å². The van der Waals surface area contributed by atoms with Crippen LogP contribution in [0.2, 0.25) is 0 Å². The van der Waals surface area contributed by atoms with E-state index in [1.165, 1.54) is 18.4 Å². The number of amides is 1. The average molecular weight is 329 g/mol. The second kappa shape index (κ2) is 8.13. The van der Waals surface area contributed by atoms with Gasteiger partial charge in [-0.25, -0.2) is 0 Å². The predicted octanol–water partition coefficient (Wildman–Crippen LogP) is 2.39. The average Bonchev–Trinajstić information content (AvgIpc) is 2.63. The number of nitrogens with zero attached hydrogens (tertiary/aromatic N) is 2. The Morgan fingerprint density at radius 3 is 2.29 bits per heavy atom. The molecule has 2 saturated heterocycles. The van der Waals surface area contributed by atoms with E-state index in [0.29, 0.717) is 6.04 Å². The van der Waals surface area contributed by atoms with Gasteiger partial charge in [-0.2, -0.15) is 0 Å². The van der Waals surface area contributed by atoms with E-state index in [1.54, 1.807) is 0 Å². The highest BCUT2D eigenvalue weighted by Crippen LogP contribution is 2.19. The highest BCUT2D eigenvalue weighted by atomic mass is 16.2. The topological polar surface area (TPSA) is 35.6 Å². The molecule has 2 fully saturated rings. The number of hydrogen-bond donors (Lipinski definition) is 1. The van der Waals surface area contributed by atoms with Crippen molar-refractivity contribution in [3.05, 3.63) is 35.4 Å². The molecule has 1 N–H and O–H groups in total. The van der Waals surface area contributed by atoms with Gasteiger partial charge in [0, 0.05) is 37.8 Å². The largest absolute Gasteiger partial charge is 0.336 e. The fraction of sp³-hybridized carbons (Fsp3) is 0.650. The number of carbonyl (C=O) groups is 1. The minimum Gasteiger partial charge on any atom is -0.336 e. The summed E-state index contributed by atoms with van der Waals surface area (Å²) in [7, 11) is 0. The van der Waals surface area contributed by atoms with E-state index in [9.17, 15) is 4.79 Å². The third-order valence-corrected chi connectivity index (χ3v) is 5.52. The Balaban J connectivity index is 1.54. The van der Waals surface area contributed by atoms with Gasteiger partial charge in [0.25, 0.3) is 5.91 Å². The van der Waals surface area contributed by atoms with Crippen molar-refractivity contribution in [2.24, 2.45) is 5.92 Å². The Bertz CT molecular complexity index is 526. The molecule has 0 aliphatic carbocycles. The van der Waals surface area contributed by atoms with Crippen molar-refractivity contribution in [1.29, 1.82) is 0 Å². The number of rotatable bonds is 4. The van der Waals surface area contributed by atoms with Crippen LogP contribution in [0.1, 0.15) is 42.6 Å². The SMILES string of the molecule is CC(C)N1CCN(C(=O)c2ccc(CC3CCNCC3)cc2)CC1.